The van der Waals surface area contributed by atoms with Crippen molar-refractivity contribution in [2.75, 3.05) is 13.6 Å². The molecule has 0 radical (unpaired) electrons. The lowest BCUT2D eigenvalue weighted by Crippen LogP contribution is -2.33. The first-order valence-corrected chi connectivity index (χ1v) is 12.8. The molecule has 1 amide bonds. The van der Waals surface area contributed by atoms with Gasteiger partial charge in [-0.1, -0.05) is 23.7 Å². The van der Waals surface area contributed by atoms with Gasteiger partial charge in [-0.05, 0) is 69.0 Å². The van der Waals surface area contributed by atoms with Crippen molar-refractivity contribution in [2.24, 2.45) is 0 Å². The van der Waals surface area contributed by atoms with Crippen LogP contribution in [0.1, 0.15) is 55.1 Å². The maximum Gasteiger partial charge on any atom is 0.255 e. The second-order valence-electron chi connectivity index (χ2n) is 8.62. The molecule has 0 saturated carbocycles. The molecule has 10 heteroatoms. The van der Waals surface area contributed by atoms with E-state index in [0.717, 1.165) is 24.8 Å². The summed E-state index contributed by atoms with van der Waals surface area (Å²) in [5.41, 5.74) is 7.49. The molecule has 1 heterocycles. The molecule has 1 aliphatic heterocycles. The quantitative estimate of drug-likeness (QED) is 0.493. The van der Waals surface area contributed by atoms with Crippen molar-refractivity contribution >= 4 is 27.5 Å². The second-order valence-corrected chi connectivity index (χ2v) is 10.7. The molecule has 1 aliphatic rings. The Balaban J connectivity index is 1.55. The topological polar surface area (TPSA) is 90.5 Å². The number of nitrogens with zero attached hydrogens (tertiary/aromatic N) is 1. The van der Waals surface area contributed by atoms with Gasteiger partial charge in [0.15, 0.2) is 0 Å². The first-order valence-electron chi connectivity index (χ1n) is 10.9. The lowest BCUT2D eigenvalue weighted by molar-refractivity contribution is 0.0791. The van der Waals surface area contributed by atoms with Crippen molar-refractivity contribution in [1.29, 1.82) is 0 Å². The standard InChI is InChI=1S/C23H30ClFN4O3S/c1-15(2)28-33(31,32)19-9-10-21(24)20(14-19)23(30)29(3)11-5-8-18-13-22(27-26-18)16-6-4-7-17(25)12-16/h4,6-7,9-10,12,14-15,18,22,26-28H,5,8,11,13H2,1-3H3. The molecule has 2 atom stereocenters. The number of rotatable bonds is 9. The number of halogens is 2. The summed E-state index contributed by atoms with van der Waals surface area (Å²) in [6.45, 7) is 3.93. The van der Waals surface area contributed by atoms with Gasteiger partial charge in [-0.2, -0.15) is 0 Å². The molecular weight excluding hydrogens is 467 g/mol. The van der Waals surface area contributed by atoms with E-state index in [0.29, 0.717) is 6.54 Å². The zero-order chi connectivity index (χ0) is 24.2. The zero-order valence-electron chi connectivity index (χ0n) is 18.9. The van der Waals surface area contributed by atoms with Crippen LogP contribution >= 0.6 is 11.6 Å². The Kier molecular flexibility index (Phi) is 8.47. The Labute approximate surface area is 199 Å². The van der Waals surface area contributed by atoms with E-state index in [-0.39, 0.29) is 45.3 Å². The monoisotopic (exact) mass is 496 g/mol. The summed E-state index contributed by atoms with van der Waals surface area (Å²) in [5, 5.41) is 0.204. The minimum atomic E-state index is -3.74. The number of carbonyl (C=O) groups is 1. The van der Waals surface area contributed by atoms with Crippen LogP contribution in [0.3, 0.4) is 0 Å². The van der Waals surface area contributed by atoms with E-state index in [1.165, 1.54) is 30.3 Å². The number of hydrogen-bond donors (Lipinski definition) is 3. The summed E-state index contributed by atoms with van der Waals surface area (Å²) in [7, 11) is -2.07. The van der Waals surface area contributed by atoms with E-state index < -0.39 is 10.0 Å². The Morgan fingerprint density at radius 1 is 1.24 bits per heavy atom. The lowest BCUT2D eigenvalue weighted by Gasteiger charge is -2.19. The number of benzene rings is 2. The Hall–Kier alpha value is -2.04. The molecule has 2 unspecified atom stereocenters. The highest BCUT2D eigenvalue weighted by molar-refractivity contribution is 7.89. The normalized spacial score (nSPS) is 18.6. The number of carbonyl (C=O) groups excluding carboxylic acids is 1. The van der Waals surface area contributed by atoms with Crippen LogP contribution in [0.5, 0.6) is 0 Å². The molecule has 1 saturated heterocycles. The Morgan fingerprint density at radius 3 is 2.70 bits per heavy atom. The minimum Gasteiger partial charge on any atom is -0.342 e. The predicted octanol–water partition coefficient (Wildman–Crippen LogP) is 3.63. The van der Waals surface area contributed by atoms with E-state index in [1.807, 2.05) is 6.07 Å². The first kappa shape index (κ1) is 25.6. The molecule has 0 bridgehead atoms. The number of sulfonamides is 1. The van der Waals surface area contributed by atoms with Crippen LogP contribution in [-0.2, 0) is 10.0 Å². The van der Waals surface area contributed by atoms with Gasteiger partial charge in [0.2, 0.25) is 10.0 Å². The number of nitrogens with one attached hydrogen (secondary N) is 3. The molecule has 7 nitrogen and oxygen atoms in total. The zero-order valence-corrected chi connectivity index (χ0v) is 20.5. The predicted molar refractivity (Wildman–Crippen MR) is 127 cm³/mol. The molecule has 0 spiro atoms. The first-order chi connectivity index (χ1) is 15.6. The van der Waals surface area contributed by atoms with Gasteiger partial charge >= 0.3 is 0 Å². The van der Waals surface area contributed by atoms with Crippen molar-refractivity contribution in [2.45, 2.75) is 56.1 Å². The fourth-order valence-corrected chi connectivity index (χ4v) is 5.32. The van der Waals surface area contributed by atoms with E-state index >= 15 is 0 Å². The fraction of sp³-hybridized carbons (Fsp3) is 0.435. The summed E-state index contributed by atoms with van der Waals surface area (Å²) in [4.78, 5) is 14.5. The maximum absolute atomic E-state index is 13.5. The van der Waals surface area contributed by atoms with E-state index in [1.54, 1.807) is 31.9 Å². The molecular formula is C23H30ClFN4O3S. The molecule has 180 valence electrons. The van der Waals surface area contributed by atoms with Crippen LogP contribution in [0, 0.1) is 5.82 Å². The molecule has 2 aromatic rings. The van der Waals surface area contributed by atoms with Crippen LogP contribution in [0.15, 0.2) is 47.4 Å². The van der Waals surface area contributed by atoms with Gasteiger partial charge in [-0.15, -0.1) is 0 Å². The Morgan fingerprint density at radius 2 is 2.00 bits per heavy atom. The number of hydrogen-bond acceptors (Lipinski definition) is 5. The highest BCUT2D eigenvalue weighted by atomic mass is 35.5. The second kappa shape index (κ2) is 10.9. The summed E-state index contributed by atoms with van der Waals surface area (Å²) in [6.07, 6.45) is 2.37. The molecule has 2 aromatic carbocycles. The van der Waals surface area contributed by atoms with Gasteiger partial charge in [0, 0.05) is 31.7 Å². The third-order valence-electron chi connectivity index (χ3n) is 5.50. The van der Waals surface area contributed by atoms with Gasteiger partial charge in [0.25, 0.3) is 5.91 Å². The summed E-state index contributed by atoms with van der Waals surface area (Å²) < 4.78 is 40.9. The average molecular weight is 497 g/mol. The SMILES string of the molecule is CC(C)NS(=O)(=O)c1ccc(Cl)c(C(=O)N(C)CCCC2CC(c3cccc(F)c3)NN2)c1. The van der Waals surface area contributed by atoms with Crippen LogP contribution in [0.25, 0.3) is 0 Å². The molecule has 0 aromatic heterocycles. The van der Waals surface area contributed by atoms with Gasteiger partial charge in [-0.25, -0.2) is 17.5 Å². The highest BCUT2D eigenvalue weighted by Gasteiger charge is 2.26. The number of amides is 1. The van der Waals surface area contributed by atoms with Gasteiger partial charge in [-0.3, -0.25) is 15.6 Å². The van der Waals surface area contributed by atoms with Gasteiger partial charge in [0.05, 0.1) is 15.5 Å². The van der Waals surface area contributed by atoms with Crippen molar-refractivity contribution in [3.63, 3.8) is 0 Å². The molecule has 33 heavy (non-hydrogen) atoms. The van der Waals surface area contributed by atoms with Crippen LogP contribution in [0.2, 0.25) is 5.02 Å². The largest absolute Gasteiger partial charge is 0.342 e. The van der Waals surface area contributed by atoms with Gasteiger partial charge < -0.3 is 4.90 Å². The summed E-state index contributed by atoms with van der Waals surface area (Å²) >= 11 is 6.21. The fourth-order valence-electron chi connectivity index (χ4n) is 3.85. The maximum atomic E-state index is 13.5. The molecule has 1 fully saturated rings. The van der Waals surface area contributed by atoms with E-state index in [9.17, 15) is 17.6 Å². The van der Waals surface area contributed by atoms with Crippen LogP contribution in [-0.4, -0.2) is 44.9 Å². The molecule has 3 rings (SSSR count). The smallest absolute Gasteiger partial charge is 0.255 e. The Bertz CT molecular complexity index is 1100. The van der Waals surface area contributed by atoms with E-state index in [2.05, 4.69) is 15.6 Å². The number of hydrazine groups is 1. The summed E-state index contributed by atoms with van der Waals surface area (Å²) in [5.74, 6) is -0.592. The van der Waals surface area contributed by atoms with Crippen molar-refractivity contribution < 1.29 is 17.6 Å². The van der Waals surface area contributed by atoms with Crippen molar-refractivity contribution in [3.8, 4) is 0 Å². The molecule has 0 aliphatic carbocycles. The lowest BCUT2D eigenvalue weighted by atomic mass is 9.99. The van der Waals surface area contributed by atoms with Crippen molar-refractivity contribution in [3.05, 3.63) is 64.4 Å². The van der Waals surface area contributed by atoms with Crippen LogP contribution < -0.4 is 15.6 Å². The van der Waals surface area contributed by atoms with E-state index in [4.69, 9.17) is 11.6 Å². The highest BCUT2D eigenvalue weighted by Crippen LogP contribution is 2.25. The molecule has 3 N–H and O–H groups in total. The summed E-state index contributed by atoms with van der Waals surface area (Å²) in [6, 6.07) is 10.6. The van der Waals surface area contributed by atoms with Crippen LogP contribution in [0.4, 0.5) is 4.39 Å². The average Bonchev–Trinajstić information content (AvgIpc) is 3.21. The van der Waals surface area contributed by atoms with Gasteiger partial charge in [0.1, 0.15) is 5.82 Å². The third-order valence-corrected chi connectivity index (χ3v) is 7.48. The van der Waals surface area contributed by atoms with Crippen molar-refractivity contribution in [1.82, 2.24) is 20.5 Å². The third kappa shape index (κ3) is 6.74. The minimum absolute atomic E-state index is 0.00182.